The molecule has 342 valence electrons. The normalized spacial score (nSPS) is 12.0. The van der Waals surface area contributed by atoms with Crippen LogP contribution in [0.25, 0.3) is 0 Å². The van der Waals surface area contributed by atoms with Gasteiger partial charge in [0.25, 0.3) is 0 Å². The Morgan fingerprint density at radius 3 is 0.862 bits per heavy atom. The first kappa shape index (κ1) is 56.1. The Morgan fingerprint density at radius 1 is 0.328 bits per heavy atom. The maximum absolute atomic E-state index is 12.8. The number of carbonyl (C=O) groups excluding carboxylic acids is 3. The van der Waals surface area contributed by atoms with Crippen LogP contribution in [0.4, 0.5) is 0 Å². The Balaban J connectivity index is 4.29. The van der Waals surface area contributed by atoms with Crippen molar-refractivity contribution in [1.29, 1.82) is 0 Å². The topological polar surface area (TPSA) is 78.9 Å². The van der Waals surface area contributed by atoms with Crippen molar-refractivity contribution in [3.63, 3.8) is 0 Å². The molecular formula is C52H98O6. The van der Waals surface area contributed by atoms with E-state index in [1.54, 1.807) is 0 Å². The summed E-state index contributed by atoms with van der Waals surface area (Å²) in [5, 5.41) is 0. The molecule has 0 amide bonds. The maximum Gasteiger partial charge on any atom is 0.306 e. The first-order valence-electron chi connectivity index (χ1n) is 25.7. The molecule has 0 fully saturated rings. The zero-order valence-corrected chi connectivity index (χ0v) is 39.1. The lowest BCUT2D eigenvalue weighted by atomic mass is 10.0. The average Bonchev–Trinajstić information content (AvgIpc) is 3.22. The highest BCUT2D eigenvalue weighted by atomic mass is 16.6. The van der Waals surface area contributed by atoms with E-state index >= 15 is 0 Å². The van der Waals surface area contributed by atoms with E-state index in [9.17, 15) is 14.4 Å². The molecule has 0 spiro atoms. The van der Waals surface area contributed by atoms with Gasteiger partial charge in [0.2, 0.25) is 0 Å². The van der Waals surface area contributed by atoms with Crippen LogP contribution in [0, 0.1) is 0 Å². The zero-order chi connectivity index (χ0) is 42.3. The van der Waals surface area contributed by atoms with Crippen LogP contribution < -0.4 is 0 Å². The number of rotatable bonds is 47. The molecule has 0 saturated heterocycles. The highest BCUT2D eigenvalue weighted by Crippen LogP contribution is 2.16. The molecule has 6 heteroatoms. The molecule has 1 unspecified atom stereocenters. The molecule has 0 aliphatic carbocycles. The van der Waals surface area contributed by atoms with Gasteiger partial charge in [0, 0.05) is 19.3 Å². The summed E-state index contributed by atoms with van der Waals surface area (Å²) in [6.07, 6.45) is 52.0. The van der Waals surface area contributed by atoms with Crippen molar-refractivity contribution in [3.8, 4) is 0 Å². The molecule has 0 N–H and O–H groups in total. The second kappa shape index (κ2) is 47.8. The molecule has 58 heavy (non-hydrogen) atoms. The fourth-order valence-corrected chi connectivity index (χ4v) is 7.61. The van der Waals surface area contributed by atoms with Crippen LogP contribution in [0.1, 0.15) is 284 Å². The van der Waals surface area contributed by atoms with Gasteiger partial charge in [0.1, 0.15) is 13.2 Å². The smallest absolute Gasteiger partial charge is 0.306 e. The van der Waals surface area contributed by atoms with Crippen molar-refractivity contribution in [3.05, 3.63) is 12.2 Å². The van der Waals surface area contributed by atoms with Gasteiger partial charge in [-0.3, -0.25) is 14.4 Å². The van der Waals surface area contributed by atoms with Crippen molar-refractivity contribution in [1.82, 2.24) is 0 Å². The van der Waals surface area contributed by atoms with Crippen molar-refractivity contribution in [2.75, 3.05) is 13.2 Å². The van der Waals surface area contributed by atoms with Gasteiger partial charge in [-0.15, -0.1) is 0 Å². The fourth-order valence-electron chi connectivity index (χ4n) is 7.61. The summed E-state index contributed by atoms with van der Waals surface area (Å²) in [7, 11) is 0. The van der Waals surface area contributed by atoms with Crippen molar-refractivity contribution in [2.45, 2.75) is 290 Å². The summed E-state index contributed by atoms with van der Waals surface area (Å²) in [6, 6.07) is 0. The van der Waals surface area contributed by atoms with Crippen molar-refractivity contribution >= 4 is 17.9 Å². The quantitative estimate of drug-likeness (QED) is 0.0263. The van der Waals surface area contributed by atoms with Crippen LogP contribution in [0.15, 0.2) is 12.2 Å². The Labute approximate surface area is 360 Å². The molecule has 0 radical (unpaired) electrons. The van der Waals surface area contributed by atoms with Crippen LogP contribution in [0.5, 0.6) is 0 Å². The Morgan fingerprint density at radius 2 is 0.569 bits per heavy atom. The molecule has 0 aliphatic rings. The van der Waals surface area contributed by atoms with E-state index in [1.807, 2.05) is 0 Å². The summed E-state index contributed by atoms with van der Waals surface area (Å²) < 4.78 is 16.8. The van der Waals surface area contributed by atoms with Gasteiger partial charge >= 0.3 is 17.9 Å². The lowest BCUT2D eigenvalue weighted by Crippen LogP contribution is -2.30. The van der Waals surface area contributed by atoms with Gasteiger partial charge in [-0.05, 0) is 44.9 Å². The van der Waals surface area contributed by atoms with Crippen molar-refractivity contribution < 1.29 is 28.6 Å². The molecule has 1 atom stereocenters. The molecule has 0 bridgehead atoms. The summed E-state index contributed by atoms with van der Waals surface area (Å²) >= 11 is 0. The highest BCUT2D eigenvalue weighted by Gasteiger charge is 2.19. The lowest BCUT2D eigenvalue weighted by molar-refractivity contribution is -0.167. The molecule has 0 aromatic rings. The maximum atomic E-state index is 12.8. The first-order chi connectivity index (χ1) is 28.5. The van der Waals surface area contributed by atoms with Gasteiger partial charge in [-0.25, -0.2) is 0 Å². The van der Waals surface area contributed by atoms with Gasteiger partial charge in [0.15, 0.2) is 6.10 Å². The summed E-state index contributed by atoms with van der Waals surface area (Å²) in [5.74, 6) is -0.863. The predicted molar refractivity (Wildman–Crippen MR) is 247 cm³/mol. The third-order valence-electron chi connectivity index (χ3n) is 11.5. The van der Waals surface area contributed by atoms with Gasteiger partial charge in [0.05, 0.1) is 0 Å². The van der Waals surface area contributed by atoms with Crippen LogP contribution in [-0.2, 0) is 28.6 Å². The van der Waals surface area contributed by atoms with Crippen molar-refractivity contribution in [2.24, 2.45) is 0 Å². The van der Waals surface area contributed by atoms with Gasteiger partial charge < -0.3 is 14.2 Å². The Kier molecular flexibility index (Phi) is 46.3. The number of ether oxygens (including phenoxy) is 3. The Hall–Kier alpha value is -1.85. The molecule has 0 aliphatic heterocycles. The monoisotopic (exact) mass is 819 g/mol. The van der Waals surface area contributed by atoms with Crippen LogP contribution >= 0.6 is 0 Å². The van der Waals surface area contributed by atoms with Gasteiger partial charge in [-0.2, -0.15) is 0 Å². The Bertz CT molecular complexity index is 900. The fraction of sp³-hybridized carbons (Fsp3) is 0.904. The first-order valence-corrected chi connectivity index (χ1v) is 25.7. The van der Waals surface area contributed by atoms with E-state index in [0.717, 1.165) is 64.2 Å². The number of allylic oxidation sites excluding steroid dienone is 2. The second-order valence-electron chi connectivity index (χ2n) is 17.4. The molecule has 0 aromatic heterocycles. The van der Waals surface area contributed by atoms with Crippen LogP contribution in [-0.4, -0.2) is 37.2 Å². The summed E-state index contributed by atoms with van der Waals surface area (Å²) in [4.78, 5) is 37.8. The zero-order valence-electron chi connectivity index (χ0n) is 39.1. The minimum Gasteiger partial charge on any atom is -0.462 e. The number of unbranched alkanes of at least 4 members (excludes halogenated alkanes) is 34. The van der Waals surface area contributed by atoms with Crippen LogP contribution in [0.2, 0.25) is 0 Å². The van der Waals surface area contributed by atoms with E-state index in [4.69, 9.17) is 14.2 Å². The SMILES string of the molecule is CCCCCCCCC/C=C\CCCCCCCC(=O)OCC(COC(=O)CCCCCCCCCCC)OC(=O)CCCCCCCCCCCCCCCCC. The van der Waals surface area contributed by atoms with Crippen LogP contribution in [0.3, 0.4) is 0 Å². The highest BCUT2D eigenvalue weighted by molar-refractivity contribution is 5.71. The third-order valence-corrected chi connectivity index (χ3v) is 11.5. The predicted octanol–water partition coefficient (Wildman–Crippen LogP) is 16.6. The number of carbonyl (C=O) groups is 3. The van der Waals surface area contributed by atoms with E-state index in [0.29, 0.717) is 19.3 Å². The molecule has 0 heterocycles. The minimum absolute atomic E-state index is 0.0678. The second-order valence-corrected chi connectivity index (χ2v) is 17.4. The largest absolute Gasteiger partial charge is 0.462 e. The lowest BCUT2D eigenvalue weighted by Gasteiger charge is -2.18. The molecular weight excluding hydrogens is 721 g/mol. The number of esters is 3. The van der Waals surface area contributed by atoms with E-state index in [1.165, 1.54) is 180 Å². The van der Waals surface area contributed by atoms with E-state index in [-0.39, 0.29) is 31.1 Å². The molecule has 0 aromatic carbocycles. The third kappa shape index (κ3) is 45.2. The average molecular weight is 819 g/mol. The summed E-state index contributed by atoms with van der Waals surface area (Å²) in [6.45, 7) is 6.64. The number of hydrogen-bond donors (Lipinski definition) is 0. The summed E-state index contributed by atoms with van der Waals surface area (Å²) in [5.41, 5.74) is 0. The number of hydrogen-bond acceptors (Lipinski definition) is 6. The van der Waals surface area contributed by atoms with E-state index in [2.05, 4.69) is 32.9 Å². The minimum atomic E-state index is -0.765. The molecule has 6 nitrogen and oxygen atoms in total. The van der Waals surface area contributed by atoms with E-state index < -0.39 is 6.10 Å². The standard InChI is InChI=1S/C52H98O6/c1-4-7-10-13-16-19-21-23-25-27-28-30-33-36-39-42-45-51(54)57-48-49(47-56-50(53)44-41-38-35-32-18-15-12-9-6-3)58-52(55)46-43-40-37-34-31-29-26-24-22-20-17-14-11-8-5-2/h25,27,49H,4-24,26,28-48H2,1-3H3/b27-25-. The molecule has 0 saturated carbocycles. The van der Waals surface area contributed by atoms with Gasteiger partial charge in [-0.1, -0.05) is 232 Å². The molecule has 0 rings (SSSR count).